The zero-order valence-corrected chi connectivity index (χ0v) is 15.3. The van der Waals surface area contributed by atoms with Gasteiger partial charge < -0.3 is 10.2 Å². The molecule has 0 aromatic heterocycles. The average Bonchev–Trinajstić information content (AvgIpc) is 2.52. The van der Waals surface area contributed by atoms with Gasteiger partial charge in [-0.15, -0.1) is 0 Å². The van der Waals surface area contributed by atoms with Crippen LogP contribution in [0.4, 0.5) is 0 Å². The maximum Gasteiger partial charge on any atom is 0.119 e. The number of aliphatic hydroxyl groups excluding tert-OH is 1. The highest BCUT2D eigenvalue weighted by Crippen LogP contribution is 2.47. The number of hydrogen-bond acceptors (Lipinski definition) is 4. The lowest BCUT2D eigenvalue weighted by Crippen LogP contribution is -2.29. The summed E-state index contributed by atoms with van der Waals surface area (Å²) in [6, 6.07) is 3.64. The van der Waals surface area contributed by atoms with Gasteiger partial charge in [0.1, 0.15) is 5.75 Å². The maximum atomic E-state index is 10.4. The van der Waals surface area contributed by atoms with Crippen molar-refractivity contribution in [1.82, 2.24) is 0 Å². The molecule has 2 N–H and O–H groups in total. The largest absolute Gasteiger partial charge is 0.508 e. The Morgan fingerprint density at radius 1 is 1.38 bits per heavy atom. The van der Waals surface area contributed by atoms with E-state index in [-0.39, 0.29) is 17.9 Å². The minimum atomic E-state index is -0.158. The van der Waals surface area contributed by atoms with Crippen LogP contribution in [0, 0.1) is 5.41 Å². The van der Waals surface area contributed by atoms with E-state index >= 15 is 0 Å². The number of benzene rings is 1. The first kappa shape index (κ1) is 18.4. The van der Waals surface area contributed by atoms with E-state index in [4.69, 9.17) is 0 Å². The Balaban J connectivity index is 2.80. The lowest BCUT2D eigenvalue weighted by Gasteiger charge is -2.37. The van der Waals surface area contributed by atoms with Crippen molar-refractivity contribution < 1.29 is 10.2 Å². The van der Waals surface area contributed by atoms with Gasteiger partial charge in [-0.25, -0.2) is 0 Å². The second kappa shape index (κ2) is 6.89. The summed E-state index contributed by atoms with van der Waals surface area (Å²) in [4.78, 5) is 8.70. The molecule has 0 saturated heterocycles. The van der Waals surface area contributed by atoms with Crippen LogP contribution in [0.5, 0.6) is 5.75 Å². The Kier molecular flexibility index (Phi) is 5.29. The zero-order chi connectivity index (χ0) is 18.1. The molecule has 0 radical (unpaired) electrons. The van der Waals surface area contributed by atoms with Crippen LogP contribution in [-0.4, -0.2) is 36.3 Å². The third-order valence-corrected chi connectivity index (χ3v) is 5.03. The van der Waals surface area contributed by atoms with Gasteiger partial charge in [-0.05, 0) is 55.5 Å². The van der Waals surface area contributed by atoms with Gasteiger partial charge >= 0.3 is 0 Å². The maximum absolute atomic E-state index is 10.4. The highest BCUT2D eigenvalue weighted by Gasteiger charge is 2.36. The Hall–Kier alpha value is -1.94. The van der Waals surface area contributed by atoms with Crippen LogP contribution in [-0.2, 0) is 6.42 Å². The van der Waals surface area contributed by atoms with Crippen LogP contribution >= 0.6 is 0 Å². The minimum Gasteiger partial charge on any atom is -0.508 e. The summed E-state index contributed by atoms with van der Waals surface area (Å²) < 4.78 is 0. The van der Waals surface area contributed by atoms with Crippen molar-refractivity contribution in [1.29, 1.82) is 0 Å². The Labute approximate surface area is 144 Å². The molecule has 1 aromatic carbocycles. The molecule has 0 saturated carbocycles. The van der Waals surface area contributed by atoms with Crippen LogP contribution in [0.15, 0.2) is 27.7 Å². The lowest BCUT2D eigenvalue weighted by molar-refractivity contribution is 0.277. The van der Waals surface area contributed by atoms with Gasteiger partial charge in [0, 0.05) is 36.1 Å². The monoisotopic (exact) mass is 328 g/mol. The smallest absolute Gasteiger partial charge is 0.119 e. The predicted octanol–water partition coefficient (Wildman–Crippen LogP) is 3.96. The summed E-state index contributed by atoms with van der Waals surface area (Å²) in [7, 11) is 1.79. The number of fused-ring (bicyclic) bond motifs is 1. The molecule has 1 aromatic rings. The SMILES string of the molecule is C=NC1=C(C(C)=NC)C(C)(C)Cc2c1ccc(O)c2C(C)CCO. The van der Waals surface area contributed by atoms with Crippen LogP contribution < -0.4 is 0 Å². The average molecular weight is 328 g/mol. The number of hydrogen-bond donors (Lipinski definition) is 2. The first-order valence-corrected chi connectivity index (χ1v) is 8.39. The van der Waals surface area contributed by atoms with E-state index in [2.05, 4.69) is 30.5 Å². The third-order valence-electron chi connectivity index (χ3n) is 5.03. The molecule has 1 aliphatic carbocycles. The number of allylic oxidation sites excluding steroid dienone is 1. The van der Waals surface area contributed by atoms with E-state index in [1.165, 1.54) is 0 Å². The summed E-state index contributed by atoms with van der Waals surface area (Å²) in [6.45, 7) is 12.3. The number of phenols is 1. The van der Waals surface area contributed by atoms with Gasteiger partial charge in [0.2, 0.25) is 0 Å². The highest BCUT2D eigenvalue weighted by molar-refractivity contribution is 6.07. The molecular weight excluding hydrogens is 300 g/mol. The van der Waals surface area contributed by atoms with E-state index in [1.54, 1.807) is 13.1 Å². The van der Waals surface area contributed by atoms with Crippen molar-refractivity contribution in [3.63, 3.8) is 0 Å². The van der Waals surface area contributed by atoms with E-state index < -0.39 is 0 Å². The standard InChI is InChI=1S/C20H28N2O2/c1-12(9-10-23)17-15-11-20(3,4)18(13(2)21-5)19(22-6)14(15)7-8-16(17)24/h7-8,12,23-24H,6,9-11H2,1-5H3. The van der Waals surface area contributed by atoms with Crippen LogP contribution in [0.1, 0.15) is 56.7 Å². The topological polar surface area (TPSA) is 65.2 Å². The fraction of sp³-hybridized carbons (Fsp3) is 0.500. The van der Waals surface area contributed by atoms with Crippen LogP contribution in [0.25, 0.3) is 5.70 Å². The molecule has 2 rings (SSSR count). The normalized spacial score (nSPS) is 18.3. The summed E-state index contributed by atoms with van der Waals surface area (Å²) in [5.41, 5.74) is 5.80. The van der Waals surface area contributed by atoms with Crippen molar-refractivity contribution in [2.75, 3.05) is 13.7 Å². The number of nitrogens with zero attached hydrogens (tertiary/aromatic N) is 2. The van der Waals surface area contributed by atoms with Gasteiger partial charge in [0.05, 0.1) is 5.70 Å². The molecule has 0 amide bonds. The molecule has 0 fully saturated rings. The third kappa shape index (κ3) is 3.03. The minimum absolute atomic E-state index is 0.0781. The van der Waals surface area contributed by atoms with Crippen LogP contribution in [0.2, 0.25) is 0 Å². The summed E-state index contributed by atoms with van der Waals surface area (Å²) >= 11 is 0. The number of phenolic OH excluding ortho intramolecular Hbond substituents is 1. The molecule has 0 spiro atoms. The Morgan fingerprint density at radius 2 is 2.04 bits per heavy atom. The van der Waals surface area contributed by atoms with Crippen LogP contribution in [0.3, 0.4) is 0 Å². The predicted molar refractivity (Wildman–Crippen MR) is 101 cm³/mol. The fourth-order valence-corrected chi connectivity index (χ4v) is 3.88. The second-order valence-electron chi connectivity index (χ2n) is 7.19. The summed E-state index contributed by atoms with van der Waals surface area (Å²) in [6.07, 6.45) is 1.41. The van der Waals surface area contributed by atoms with Gasteiger partial charge in [0.25, 0.3) is 0 Å². The van der Waals surface area contributed by atoms with Gasteiger partial charge in [-0.2, -0.15) is 0 Å². The molecule has 1 aliphatic rings. The quantitative estimate of drug-likeness (QED) is 0.803. The fourth-order valence-electron chi connectivity index (χ4n) is 3.88. The summed E-state index contributed by atoms with van der Waals surface area (Å²) in [5, 5.41) is 19.8. The molecule has 1 atom stereocenters. The van der Waals surface area contributed by atoms with Gasteiger partial charge in [-0.1, -0.05) is 20.8 Å². The molecule has 0 heterocycles. The first-order valence-electron chi connectivity index (χ1n) is 8.39. The van der Waals surface area contributed by atoms with Gasteiger partial charge in [-0.3, -0.25) is 9.98 Å². The van der Waals surface area contributed by atoms with Crippen molar-refractivity contribution in [3.8, 4) is 5.75 Å². The highest BCUT2D eigenvalue weighted by atomic mass is 16.3. The summed E-state index contributed by atoms with van der Waals surface area (Å²) in [5.74, 6) is 0.368. The molecule has 24 heavy (non-hydrogen) atoms. The zero-order valence-electron chi connectivity index (χ0n) is 15.3. The number of aliphatic hydroxyl groups is 1. The first-order chi connectivity index (χ1) is 11.3. The Bertz CT molecular complexity index is 715. The number of aromatic hydroxyl groups is 1. The van der Waals surface area contributed by atoms with E-state index in [0.717, 1.165) is 40.1 Å². The molecule has 0 aliphatic heterocycles. The second-order valence-corrected chi connectivity index (χ2v) is 7.19. The molecule has 0 bridgehead atoms. The number of aliphatic imine (C=N–C) groups is 2. The lowest BCUT2D eigenvalue weighted by atomic mass is 9.68. The molecule has 4 heteroatoms. The van der Waals surface area contributed by atoms with E-state index in [9.17, 15) is 10.2 Å². The van der Waals surface area contributed by atoms with Crippen molar-refractivity contribution in [3.05, 3.63) is 34.4 Å². The molecular formula is C20H28N2O2. The van der Waals surface area contributed by atoms with Gasteiger partial charge in [0.15, 0.2) is 0 Å². The number of rotatable bonds is 5. The van der Waals surface area contributed by atoms with Crippen molar-refractivity contribution in [2.45, 2.75) is 46.5 Å². The Morgan fingerprint density at radius 3 is 2.58 bits per heavy atom. The van der Waals surface area contributed by atoms with Crippen molar-refractivity contribution in [2.24, 2.45) is 15.4 Å². The molecule has 130 valence electrons. The molecule has 1 unspecified atom stereocenters. The molecule has 4 nitrogen and oxygen atoms in total. The van der Waals surface area contributed by atoms with E-state index in [0.29, 0.717) is 12.2 Å². The van der Waals surface area contributed by atoms with E-state index in [1.807, 2.05) is 19.9 Å². The van der Waals surface area contributed by atoms with Crippen molar-refractivity contribution >= 4 is 18.1 Å².